The number of benzene rings is 3. The van der Waals surface area contributed by atoms with Crippen molar-refractivity contribution in [1.29, 1.82) is 5.26 Å². The van der Waals surface area contributed by atoms with Gasteiger partial charge in [-0.2, -0.15) is 10.2 Å². The minimum atomic E-state index is -2.83. The Morgan fingerprint density at radius 3 is 2.35 bits per heavy atom. The zero-order chi connectivity index (χ0) is 46.0. The molecule has 5 heterocycles. The highest BCUT2D eigenvalue weighted by molar-refractivity contribution is 9.10. The average molecular weight is 970 g/mol. The number of amides is 2. The highest BCUT2D eigenvalue weighted by Gasteiger charge is 2.33. The van der Waals surface area contributed by atoms with Crippen LogP contribution in [0.4, 0.5) is 37.6 Å². The van der Waals surface area contributed by atoms with Gasteiger partial charge in [-0.3, -0.25) is 19.8 Å². The van der Waals surface area contributed by atoms with E-state index in [-0.39, 0.29) is 24.1 Å². The first-order valence-electron chi connectivity index (χ1n) is 21.9. The maximum atomic E-state index is 15.1. The highest BCUT2D eigenvalue weighted by Crippen LogP contribution is 2.42. The molecule has 3 fully saturated rings. The van der Waals surface area contributed by atoms with Gasteiger partial charge in [0.05, 0.1) is 34.4 Å². The van der Waals surface area contributed by atoms with Crippen LogP contribution in [0, 0.1) is 23.0 Å². The van der Waals surface area contributed by atoms with Crippen molar-refractivity contribution in [3.63, 3.8) is 0 Å². The first-order chi connectivity index (χ1) is 31.2. The predicted octanol–water partition coefficient (Wildman–Crippen LogP) is 7.59. The first-order valence-corrected chi connectivity index (χ1v) is 25.3. The van der Waals surface area contributed by atoms with Gasteiger partial charge in [0.1, 0.15) is 42.1 Å². The maximum absolute atomic E-state index is 15.1. The number of piperidine rings is 2. The van der Waals surface area contributed by atoms with Crippen LogP contribution in [-0.2, 0) is 27.0 Å². The molecule has 65 heavy (non-hydrogen) atoms. The average Bonchev–Trinajstić information content (AvgIpc) is 3.29. The van der Waals surface area contributed by atoms with Gasteiger partial charge in [0.25, 0.3) is 0 Å². The van der Waals surface area contributed by atoms with Crippen molar-refractivity contribution >= 4 is 79.9 Å². The van der Waals surface area contributed by atoms with Crippen LogP contribution in [-0.4, -0.2) is 109 Å². The van der Waals surface area contributed by atoms with Gasteiger partial charge in [-0.15, -0.1) is 0 Å². The van der Waals surface area contributed by atoms with Crippen LogP contribution in [0.25, 0.3) is 10.9 Å². The lowest BCUT2D eigenvalue weighted by atomic mass is 9.89. The molecule has 0 bridgehead atoms. The molecular formula is C47H52BrF2N10O4P. The number of nitrogens with zero attached hydrogens (tertiary/aromatic N) is 7. The molecule has 8 rings (SSSR count). The number of aromatic nitrogens is 3. The summed E-state index contributed by atoms with van der Waals surface area (Å²) in [5.74, 6) is -2.08. The number of methoxy groups -OCH3 is 1. The van der Waals surface area contributed by atoms with E-state index in [0.29, 0.717) is 68.5 Å². The number of carbonyl (C=O) groups excluding carboxylic acids is 2. The summed E-state index contributed by atoms with van der Waals surface area (Å²) in [6.45, 7) is 11.6. The molecule has 3 N–H and O–H groups in total. The number of hydrogen-bond acceptors (Lipinski definition) is 13. The molecule has 3 aliphatic rings. The van der Waals surface area contributed by atoms with Gasteiger partial charge in [0, 0.05) is 92.5 Å². The molecule has 0 saturated carbocycles. The van der Waals surface area contributed by atoms with Crippen LogP contribution in [0.1, 0.15) is 60.9 Å². The summed E-state index contributed by atoms with van der Waals surface area (Å²) in [6.07, 6.45) is 5.15. The summed E-state index contributed by atoms with van der Waals surface area (Å²) >= 11 is 3.58. The number of rotatable bonds is 13. The van der Waals surface area contributed by atoms with E-state index in [1.807, 2.05) is 0 Å². The van der Waals surface area contributed by atoms with Crippen LogP contribution in [0.3, 0.4) is 0 Å². The van der Waals surface area contributed by atoms with Crippen molar-refractivity contribution in [1.82, 2.24) is 30.1 Å². The molecule has 0 radical (unpaired) electrons. The summed E-state index contributed by atoms with van der Waals surface area (Å²) in [4.78, 5) is 44.9. The van der Waals surface area contributed by atoms with Crippen molar-refractivity contribution < 1.29 is 27.7 Å². The quantitative estimate of drug-likeness (QED) is 0.0781. The van der Waals surface area contributed by atoms with Gasteiger partial charge in [0.2, 0.25) is 17.8 Å². The molecular weight excluding hydrogens is 917 g/mol. The second kappa shape index (κ2) is 19.5. The number of halogens is 3. The Kier molecular flexibility index (Phi) is 13.8. The van der Waals surface area contributed by atoms with Crippen molar-refractivity contribution in [2.24, 2.45) is 0 Å². The maximum Gasteiger partial charge on any atom is 0.234 e. The van der Waals surface area contributed by atoms with Gasteiger partial charge in [-0.05, 0) is 115 Å². The van der Waals surface area contributed by atoms with E-state index in [0.717, 1.165) is 75.5 Å². The van der Waals surface area contributed by atoms with Crippen LogP contribution in [0.2, 0.25) is 0 Å². The van der Waals surface area contributed by atoms with E-state index in [1.54, 1.807) is 50.9 Å². The molecule has 340 valence electrons. The number of nitriles is 1. The fraction of sp³-hybridized carbons (Fsp3) is 0.404. The molecule has 14 nitrogen and oxygen atoms in total. The number of pyridine rings is 1. The first kappa shape index (κ1) is 46.0. The Morgan fingerprint density at radius 2 is 1.69 bits per heavy atom. The molecule has 1 atom stereocenters. The summed E-state index contributed by atoms with van der Waals surface area (Å²) in [6, 6.07) is 16.4. The van der Waals surface area contributed by atoms with Crippen molar-refractivity contribution in [3.8, 4) is 11.8 Å². The highest BCUT2D eigenvalue weighted by atomic mass is 79.9. The van der Waals surface area contributed by atoms with Gasteiger partial charge in [0.15, 0.2) is 0 Å². The minimum Gasteiger partial charge on any atom is -0.494 e. The smallest absolute Gasteiger partial charge is 0.234 e. The number of ether oxygens (including phenoxy) is 1. The number of anilines is 5. The molecule has 2 amide bonds. The van der Waals surface area contributed by atoms with E-state index in [9.17, 15) is 19.4 Å². The Balaban J connectivity index is 0.875. The normalized spacial score (nSPS) is 17.8. The summed E-state index contributed by atoms with van der Waals surface area (Å²) < 4.78 is 50.4. The fourth-order valence-corrected chi connectivity index (χ4v) is 11.1. The lowest BCUT2D eigenvalue weighted by Crippen LogP contribution is -2.53. The third kappa shape index (κ3) is 10.2. The third-order valence-electron chi connectivity index (χ3n) is 12.7. The molecule has 5 aromatic rings. The third-order valence-corrected chi connectivity index (χ3v) is 14.8. The molecule has 1 unspecified atom stereocenters. The number of hydrogen-bond donors (Lipinski definition) is 3. The molecule has 0 spiro atoms. The molecule has 3 saturated heterocycles. The van der Waals surface area contributed by atoms with Crippen LogP contribution < -0.4 is 30.9 Å². The number of imide groups is 1. The van der Waals surface area contributed by atoms with Gasteiger partial charge >= 0.3 is 0 Å². The second-order valence-electron chi connectivity index (χ2n) is 17.2. The molecule has 2 aromatic heterocycles. The van der Waals surface area contributed by atoms with E-state index in [1.165, 1.54) is 12.1 Å². The number of piperazine rings is 1. The Labute approximate surface area is 385 Å². The Morgan fingerprint density at radius 1 is 0.954 bits per heavy atom. The van der Waals surface area contributed by atoms with Crippen molar-refractivity contribution in [2.45, 2.75) is 57.4 Å². The summed E-state index contributed by atoms with van der Waals surface area (Å²) in [5, 5.41) is 19.6. The lowest BCUT2D eigenvalue weighted by molar-refractivity contribution is -0.134. The standard InChI is InChI=1S/C47H52BrF2N10O4P/c1-5-29-24-39(55-47-52-27-34(48)45(57-47)54-38-10-9-37-32(44(38)65(3,4)63)7-6-30(26-51)53-37)41(64-2)25-40(29)60-16-13-31(14-17-60)59-20-18-58(19-21-59)15-12-28-22-35(49)43(36(50)23-28)33-8-11-42(61)56-46(33)62/h6-7,9-10,22-25,27,31,33H,5,8,11-21H2,1-4H3,(H,56,61,62)(H2,52,54,55,57). The summed E-state index contributed by atoms with van der Waals surface area (Å²) in [5.41, 5.74) is 4.81. The Hall–Kier alpha value is -5.53. The zero-order valence-electron chi connectivity index (χ0n) is 36.9. The summed E-state index contributed by atoms with van der Waals surface area (Å²) in [7, 11) is -1.18. The largest absolute Gasteiger partial charge is 0.494 e. The zero-order valence-corrected chi connectivity index (χ0v) is 39.4. The van der Waals surface area contributed by atoms with E-state index in [2.05, 4.69) is 81.7 Å². The molecule has 3 aliphatic heterocycles. The van der Waals surface area contributed by atoms with E-state index in [4.69, 9.17) is 9.72 Å². The van der Waals surface area contributed by atoms with Crippen molar-refractivity contribution in [2.75, 3.05) is 81.8 Å². The van der Waals surface area contributed by atoms with E-state index < -0.39 is 36.5 Å². The number of nitrogens with one attached hydrogen (secondary N) is 3. The monoisotopic (exact) mass is 968 g/mol. The van der Waals surface area contributed by atoms with Gasteiger partial charge in [-0.25, -0.2) is 18.7 Å². The number of carbonyl (C=O) groups is 2. The van der Waals surface area contributed by atoms with Gasteiger partial charge in [-0.1, -0.05) is 6.92 Å². The van der Waals surface area contributed by atoms with Crippen LogP contribution >= 0.6 is 23.1 Å². The molecule has 0 aliphatic carbocycles. The predicted molar refractivity (Wildman–Crippen MR) is 253 cm³/mol. The fourth-order valence-electron chi connectivity index (χ4n) is 9.35. The topological polar surface area (TPSA) is 169 Å². The van der Waals surface area contributed by atoms with E-state index >= 15 is 8.78 Å². The Bertz CT molecular complexity index is 2710. The number of fused-ring (bicyclic) bond motifs is 1. The lowest BCUT2D eigenvalue weighted by Gasteiger charge is -2.43. The minimum absolute atomic E-state index is 0.0601. The molecule has 18 heteroatoms. The van der Waals surface area contributed by atoms with Gasteiger partial charge < -0.3 is 29.7 Å². The number of aryl methyl sites for hydroxylation is 1. The van der Waals surface area contributed by atoms with Crippen molar-refractivity contribution in [3.05, 3.63) is 93.2 Å². The molecule has 3 aromatic carbocycles. The SMILES string of the molecule is CCc1cc(Nc2ncc(Br)c(Nc3ccc4nc(C#N)ccc4c3P(C)(C)=O)n2)c(OC)cc1N1CCC(N2CCN(CCc3cc(F)c(C4CCC(=O)NC4=O)c(F)c3)CC2)CC1. The second-order valence-corrected chi connectivity index (χ2v) is 21.2. The van der Waals surface area contributed by atoms with Crippen LogP contribution in [0.15, 0.2) is 59.2 Å². The van der Waals surface area contributed by atoms with Crippen LogP contribution in [0.5, 0.6) is 5.75 Å².